The number of hydrogen-bond acceptors (Lipinski definition) is 11. The van der Waals surface area contributed by atoms with Gasteiger partial charge in [-0.15, -0.1) is 0 Å². The number of ether oxygens (including phenoxy) is 3. The molecule has 4 aliphatic heterocycles. The Morgan fingerprint density at radius 2 is 1.37 bits per heavy atom. The number of rotatable bonds is 22. The zero-order chi connectivity index (χ0) is 52.6. The van der Waals surface area contributed by atoms with Gasteiger partial charge >= 0.3 is 0 Å². The van der Waals surface area contributed by atoms with E-state index in [-0.39, 0.29) is 47.8 Å². The molecule has 14 heteroatoms. The van der Waals surface area contributed by atoms with Gasteiger partial charge in [-0.25, -0.2) is 0 Å². The van der Waals surface area contributed by atoms with Gasteiger partial charge < -0.3 is 39.5 Å². The predicted molar refractivity (Wildman–Crippen MR) is 304 cm³/mol. The third-order valence-electron chi connectivity index (χ3n) is 15.1. The predicted octanol–water partition coefficient (Wildman–Crippen LogP) is 12.4. The highest BCUT2D eigenvalue weighted by Crippen LogP contribution is 2.41. The second-order valence-corrected chi connectivity index (χ2v) is 24.5. The number of amides is 3. The fourth-order valence-electron chi connectivity index (χ4n) is 10.8. The van der Waals surface area contributed by atoms with Crippen molar-refractivity contribution in [2.45, 2.75) is 141 Å². The molecule has 0 aliphatic carbocycles. The first-order valence-corrected chi connectivity index (χ1v) is 29.2. The number of carbonyl (C=O) groups excluding carboxylic acids is 4. The minimum Gasteiger partial charge on any atom is -0.493 e. The highest BCUT2D eigenvalue weighted by atomic mass is 33.1. The molecule has 0 saturated carbocycles. The Morgan fingerprint density at radius 3 is 2.07 bits per heavy atom. The molecule has 3 amide bonds. The van der Waals surface area contributed by atoms with Gasteiger partial charge in [0, 0.05) is 80.8 Å². The van der Waals surface area contributed by atoms with E-state index < -0.39 is 0 Å². The minimum atomic E-state index is -0.154. The van der Waals surface area contributed by atoms with Crippen LogP contribution in [0, 0.1) is 6.92 Å². The molecule has 0 radical (unpaired) electrons. The Morgan fingerprint density at radius 1 is 0.733 bits per heavy atom. The van der Waals surface area contributed by atoms with Crippen molar-refractivity contribution >= 4 is 62.2 Å². The van der Waals surface area contributed by atoms with Crippen LogP contribution in [-0.2, 0) is 48.7 Å². The maximum atomic E-state index is 14.2. The smallest absolute Gasteiger partial charge is 0.256 e. The van der Waals surface area contributed by atoms with Crippen LogP contribution in [-0.4, -0.2) is 83.1 Å². The molecule has 4 heterocycles. The van der Waals surface area contributed by atoms with E-state index >= 15 is 0 Å². The zero-order valence-electron chi connectivity index (χ0n) is 44.6. The lowest BCUT2D eigenvalue weighted by Gasteiger charge is -2.36. The van der Waals surface area contributed by atoms with Crippen molar-refractivity contribution in [3.8, 4) is 17.2 Å². The number of carbonyl (C=O) groups is 4. The molecule has 0 unspecified atom stereocenters. The summed E-state index contributed by atoms with van der Waals surface area (Å²) in [6.45, 7) is 11.3. The lowest BCUT2D eigenvalue weighted by Crippen LogP contribution is -2.47. The molecule has 0 fully saturated rings. The second kappa shape index (κ2) is 24.3. The topological polar surface area (TPSA) is 130 Å². The highest BCUT2D eigenvalue weighted by molar-refractivity contribution is 8.77. The van der Waals surface area contributed by atoms with Gasteiger partial charge in [-0.3, -0.25) is 19.2 Å². The van der Waals surface area contributed by atoms with Crippen molar-refractivity contribution in [1.82, 2.24) is 9.80 Å². The summed E-state index contributed by atoms with van der Waals surface area (Å²) in [6.07, 6.45) is 9.26. The van der Waals surface area contributed by atoms with Crippen LogP contribution in [0.4, 0.5) is 17.1 Å². The lowest BCUT2D eigenvalue weighted by molar-refractivity contribution is -0.119. The van der Waals surface area contributed by atoms with Crippen LogP contribution in [0.5, 0.6) is 17.2 Å². The number of Topliss-reactive ketones (excluding diaryl/α,β-unsaturated/α-hetero) is 1. The zero-order valence-corrected chi connectivity index (χ0v) is 46.2. The van der Waals surface area contributed by atoms with Crippen LogP contribution in [0.25, 0.3) is 0 Å². The number of nitrogens with zero attached hydrogens (tertiary/aromatic N) is 3. The molecule has 9 rings (SSSR count). The fourth-order valence-corrected chi connectivity index (χ4v) is 13.5. The third kappa shape index (κ3) is 13.1. The molecular weight excluding hydrogens is 979 g/mol. The molecule has 2 N–H and O–H groups in total. The summed E-state index contributed by atoms with van der Waals surface area (Å²) in [5, 5.41) is 6.73. The van der Waals surface area contributed by atoms with Crippen LogP contribution in [0.2, 0.25) is 0 Å². The van der Waals surface area contributed by atoms with E-state index in [9.17, 15) is 19.2 Å². The van der Waals surface area contributed by atoms with Crippen molar-refractivity contribution < 1.29 is 33.4 Å². The SMILES string of the molecule is CCCCCCC(=O)CCCSSC(C)(C)CCC(=O)Nc1cc(COc2cc3c(cc2C)C(=O)N2Cc4ccccc4C[C@H]2CN3C)cc(COc2cc3c(cc2OC)C(=O)N2Cc4ccccc4C[C@H]2CN3)c1. The number of hydrogen-bond donors (Lipinski definition) is 2. The summed E-state index contributed by atoms with van der Waals surface area (Å²) < 4.78 is 18.9. The standard InChI is InChI=1S/C61H73N5O7S2/c1-7-8-9-10-20-50(67)21-15-24-74-75-61(3,4)23-22-58(68)63-47-27-41(38-72-55-33-54-52(25-40(55)2)60(70)66-36-46-19-14-12-17-44(46)30-49(66)37-64(54)5)26-42(28-47)39-73-57-32-53-51(31-56(57)71-6)59(69)65-35-45-18-13-11-16-43(45)29-48(65)34-62-53/h11-14,16-19,25-28,31-33,48-49,62H,7-10,15,20-24,29-30,34-39H2,1-6H3,(H,63,68)/t48-,49-/m0/s1. The number of methoxy groups -OCH3 is 1. The third-order valence-corrected chi connectivity index (χ3v) is 18.5. The van der Waals surface area contributed by atoms with Gasteiger partial charge in [-0.05, 0) is 122 Å². The molecule has 12 nitrogen and oxygen atoms in total. The molecular formula is C61H73N5O7S2. The molecule has 0 spiro atoms. The first-order chi connectivity index (χ1) is 36.2. The van der Waals surface area contributed by atoms with Crippen LogP contribution in [0.3, 0.4) is 0 Å². The highest BCUT2D eigenvalue weighted by Gasteiger charge is 2.37. The average Bonchev–Trinajstić information content (AvgIpc) is 3.61. The van der Waals surface area contributed by atoms with Crippen LogP contribution in [0.15, 0.2) is 91.0 Å². The Hall–Kier alpha value is -6.12. The molecule has 396 valence electrons. The maximum absolute atomic E-state index is 14.2. The van der Waals surface area contributed by atoms with E-state index in [0.717, 1.165) is 60.2 Å². The summed E-state index contributed by atoms with van der Waals surface area (Å²) >= 11 is 0. The van der Waals surface area contributed by atoms with Crippen LogP contribution < -0.4 is 29.7 Å². The lowest BCUT2D eigenvalue weighted by atomic mass is 9.93. The normalized spacial score (nSPS) is 16.7. The second-order valence-electron chi connectivity index (χ2n) is 21.3. The molecule has 0 bridgehead atoms. The number of likely N-dealkylation sites (N-methyl/N-ethyl adjacent to an activating group) is 1. The number of aryl methyl sites for hydroxylation is 1. The van der Waals surface area contributed by atoms with Gasteiger partial charge in [0.1, 0.15) is 24.7 Å². The van der Waals surface area contributed by atoms with Gasteiger partial charge in [0.2, 0.25) is 5.91 Å². The van der Waals surface area contributed by atoms with Gasteiger partial charge in [0.15, 0.2) is 11.5 Å². The van der Waals surface area contributed by atoms with Crippen LogP contribution in [0.1, 0.15) is 138 Å². The number of unbranched alkanes of at least 4 members (excludes halogenated alkanes) is 3. The van der Waals surface area contributed by atoms with E-state index in [1.165, 1.54) is 35.1 Å². The Bertz CT molecular complexity index is 2910. The first kappa shape index (κ1) is 53.7. The van der Waals surface area contributed by atoms with E-state index in [4.69, 9.17) is 14.2 Å². The van der Waals surface area contributed by atoms with Crippen LogP contribution >= 0.6 is 21.6 Å². The quantitative estimate of drug-likeness (QED) is 0.0508. The Labute approximate surface area is 451 Å². The van der Waals surface area contributed by atoms with E-state index in [2.05, 4.69) is 72.7 Å². The van der Waals surface area contributed by atoms with E-state index in [0.29, 0.717) is 97.4 Å². The summed E-state index contributed by atoms with van der Waals surface area (Å²) in [5.41, 5.74) is 10.8. The molecule has 75 heavy (non-hydrogen) atoms. The number of anilines is 3. The Kier molecular flexibility index (Phi) is 17.4. The number of fused-ring (bicyclic) bond motifs is 6. The van der Waals surface area contributed by atoms with E-state index in [1.54, 1.807) is 34.8 Å². The summed E-state index contributed by atoms with van der Waals surface area (Å²) in [5.74, 6) is 2.75. The van der Waals surface area contributed by atoms with Crippen molar-refractivity contribution in [1.29, 1.82) is 0 Å². The minimum absolute atomic E-state index is 0.00818. The molecule has 0 saturated heterocycles. The summed E-state index contributed by atoms with van der Waals surface area (Å²) in [6, 6.07) is 30.3. The first-order valence-electron chi connectivity index (χ1n) is 26.8. The fraction of sp³-hybridized carbons (Fsp3) is 0.443. The molecule has 2 atom stereocenters. The van der Waals surface area contributed by atoms with Crippen molar-refractivity contribution in [3.05, 3.63) is 141 Å². The van der Waals surface area contributed by atoms with E-state index in [1.807, 2.05) is 72.3 Å². The van der Waals surface area contributed by atoms with Crippen molar-refractivity contribution in [3.63, 3.8) is 0 Å². The summed E-state index contributed by atoms with van der Waals surface area (Å²) in [4.78, 5) is 60.6. The maximum Gasteiger partial charge on any atom is 0.256 e. The monoisotopic (exact) mass is 1050 g/mol. The summed E-state index contributed by atoms with van der Waals surface area (Å²) in [7, 11) is 7.18. The van der Waals surface area contributed by atoms with Gasteiger partial charge in [0.25, 0.3) is 11.8 Å². The van der Waals surface area contributed by atoms with Gasteiger partial charge in [0.05, 0.1) is 41.7 Å². The largest absolute Gasteiger partial charge is 0.493 e. The number of benzene rings is 5. The molecule has 4 aliphatic rings. The van der Waals surface area contributed by atoms with Gasteiger partial charge in [-0.2, -0.15) is 0 Å². The molecule has 5 aromatic carbocycles. The van der Waals surface area contributed by atoms with Crippen molar-refractivity contribution in [2.24, 2.45) is 0 Å². The average molecular weight is 1050 g/mol. The number of ketones is 1. The van der Waals surface area contributed by atoms with Gasteiger partial charge in [-0.1, -0.05) is 96.3 Å². The van der Waals surface area contributed by atoms with Crippen molar-refractivity contribution in [2.75, 3.05) is 48.5 Å². The Balaban J connectivity index is 0.893. The molecule has 0 aromatic heterocycles. The number of nitrogens with one attached hydrogen (secondary N) is 2. The molecule has 5 aromatic rings.